The van der Waals surface area contributed by atoms with Crippen molar-refractivity contribution in [2.45, 2.75) is 25.8 Å². The molecule has 0 atom stereocenters. The Bertz CT molecular complexity index is 455. The molecule has 0 radical (unpaired) electrons. The van der Waals surface area contributed by atoms with E-state index in [4.69, 9.17) is 11.6 Å². The molecule has 1 aromatic carbocycles. The van der Waals surface area contributed by atoms with E-state index in [9.17, 15) is 9.59 Å². The maximum Gasteiger partial charge on any atom is 0.244 e. The molecule has 96 valence electrons. The van der Waals surface area contributed by atoms with Crippen LogP contribution in [0.1, 0.15) is 19.8 Å². The largest absolute Gasteiger partial charge is 0.331 e. The van der Waals surface area contributed by atoms with Crippen LogP contribution in [0.15, 0.2) is 24.3 Å². The van der Waals surface area contributed by atoms with Crippen molar-refractivity contribution in [3.8, 4) is 0 Å². The number of carbonyl (C=O) groups excluding carboxylic acids is 2. The van der Waals surface area contributed by atoms with Gasteiger partial charge in [0, 0.05) is 23.7 Å². The minimum atomic E-state index is -0.181. The molecule has 0 unspecified atom stereocenters. The Morgan fingerprint density at radius 2 is 1.94 bits per heavy atom. The molecule has 1 N–H and O–H groups in total. The summed E-state index contributed by atoms with van der Waals surface area (Å²) in [5.74, 6) is -0.233. The number of nitrogens with zero attached hydrogens (tertiary/aromatic N) is 1. The molecule has 4 nitrogen and oxygen atoms in total. The van der Waals surface area contributed by atoms with E-state index in [-0.39, 0.29) is 24.4 Å². The molecule has 2 amide bonds. The monoisotopic (exact) mass is 266 g/mol. The Hall–Kier alpha value is -1.55. The first-order valence-corrected chi connectivity index (χ1v) is 6.26. The first kappa shape index (κ1) is 12.9. The second kappa shape index (κ2) is 5.40. The zero-order valence-corrected chi connectivity index (χ0v) is 10.9. The van der Waals surface area contributed by atoms with Crippen molar-refractivity contribution in [1.29, 1.82) is 0 Å². The first-order chi connectivity index (χ1) is 8.56. The maximum absolute atomic E-state index is 11.8. The quantitative estimate of drug-likeness (QED) is 0.909. The van der Waals surface area contributed by atoms with Crippen LogP contribution in [-0.2, 0) is 9.59 Å². The summed E-state index contributed by atoms with van der Waals surface area (Å²) in [6.07, 6.45) is 1.99. The lowest BCUT2D eigenvalue weighted by Crippen LogP contribution is -2.38. The fourth-order valence-corrected chi connectivity index (χ4v) is 1.90. The van der Waals surface area contributed by atoms with Crippen molar-refractivity contribution in [3.05, 3.63) is 29.3 Å². The number of amides is 2. The van der Waals surface area contributed by atoms with Gasteiger partial charge in [0.2, 0.25) is 11.8 Å². The summed E-state index contributed by atoms with van der Waals surface area (Å²) in [6, 6.07) is 7.13. The summed E-state index contributed by atoms with van der Waals surface area (Å²) in [5.41, 5.74) is 0.684. The van der Waals surface area contributed by atoms with Crippen LogP contribution in [0.2, 0.25) is 5.02 Å². The van der Waals surface area contributed by atoms with Crippen molar-refractivity contribution >= 4 is 29.1 Å². The molecule has 0 heterocycles. The lowest BCUT2D eigenvalue weighted by molar-refractivity contribution is -0.133. The smallest absolute Gasteiger partial charge is 0.244 e. The van der Waals surface area contributed by atoms with Gasteiger partial charge >= 0.3 is 0 Å². The van der Waals surface area contributed by atoms with E-state index >= 15 is 0 Å². The topological polar surface area (TPSA) is 49.4 Å². The third-order valence-corrected chi connectivity index (χ3v) is 3.09. The van der Waals surface area contributed by atoms with E-state index in [1.54, 1.807) is 29.2 Å². The second-order valence-corrected chi connectivity index (χ2v) is 4.87. The molecule has 0 saturated heterocycles. The molecule has 0 bridgehead atoms. The van der Waals surface area contributed by atoms with E-state index in [0.717, 1.165) is 12.8 Å². The number of benzene rings is 1. The van der Waals surface area contributed by atoms with Gasteiger partial charge in [-0.2, -0.15) is 0 Å². The number of carbonyl (C=O) groups is 2. The van der Waals surface area contributed by atoms with Crippen LogP contribution in [0.5, 0.6) is 0 Å². The van der Waals surface area contributed by atoms with Gasteiger partial charge < -0.3 is 10.2 Å². The molecular weight excluding hydrogens is 252 g/mol. The molecule has 0 aliphatic heterocycles. The van der Waals surface area contributed by atoms with Gasteiger partial charge in [0.05, 0.1) is 0 Å². The molecule has 1 saturated carbocycles. The number of nitrogens with one attached hydrogen (secondary N) is 1. The van der Waals surface area contributed by atoms with E-state index in [1.165, 1.54) is 6.92 Å². The Balaban J connectivity index is 1.91. The summed E-state index contributed by atoms with van der Waals surface area (Å²) in [6.45, 7) is 1.61. The molecule has 18 heavy (non-hydrogen) atoms. The molecule has 2 rings (SSSR count). The van der Waals surface area contributed by atoms with E-state index in [1.807, 2.05) is 0 Å². The SMILES string of the molecule is CC(=O)N(CC(=O)Nc1ccc(Cl)cc1)C1CC1. The minimum absolute atomic E-state index is 0.0521. The second-order valence-electron chi connectivity index (χ2n) is 4.43. The highest BCUT2D eigenvalue weighted by Crippen LogP contribution is 2.26. The molecule has 0 spiro atoms. The highest BCUT2D eigenvalue weighted by molar-refractivity contribution is 6.30. The van der Waals surface area contributed by atoms with Gasteiger partial charge in [0.1, 0.15) is 6.54 Å². The summed E-state index contributed by atoms with van der Waals surface area (Å²) < 4.78 is 0. The minimum Gasteiger partial charge on any atom is -0.331 e. The molecule has 5 heteroatoms. The van der Waals surface area contributed by atoms with Crippen molar-refractivity contribution in [1.82, 2.24) is 4.90 Å². The third-order valence-electron chi connectivity index (χ3n) is 2.83. The van der Waals surface area contributed by atoms with Crippen LogP contribution in [0.25, 0.3) is 0 Å². The lowest BCUT2D eigenvalue weighted by Gasteiger charge is -2.19. The van der Waals surface area contributed by atoms with Crippen LogP contribution in [0, 0.1) is 0 Å². The van der Waals surface area contributed by atoms with Crippen LogP contribution in [-0.4, -0.2) is 29.3 Å². The number of hydrogen-bond donors (Lipinski definition) is 1. The highest BCUT2D eigenvalue weighted by atomic mass is 35.5. The van der Waals surface area contributed by atoms with Gasteiger partial charge in [-0.05, 0) is 37.1 Å². The van der Waals surface area contributed by atoms with Crippen LogP contribution >= 0.6 is 11.6 Å². The van der Waals surface area contributed by atoms with Gasteiger partial charge in [-0.25, -0.2) is 0 Å². The summed E-state index contributed by atoms with van der Waals surface area (Å²) in [5, 5.41) is 3.37. The van der Waals surface area contributed by atoms with Crippen molar-refractivity contribution < 1.29 is 9.59 Å². The lowest BCUT2D eigenvalue weighted by atomic mass is 10.3. The molecule has 0 aromatic heterocycles. The average Bonchev–Trinajstić information content (AvgIpc) is 3.13. The Morgan fingerprint density at radius 3 is 2.44 bits per heavy atom. The molecular formula is C13H15ClN2O2. The zero-order valence-electron chi connectivity index (χ0n) is 10.1. The van der Waals surface area contributed by atoms with Gasteiger partial charge in [0.15, 0.2) is 0 Å². The Morgan fingerprint density at radius 1 is 1.33 bits per heavy atom. The summed E-state index contributed by atoms with van der Waals surface area (Å²) >= 11 is 5.76. The normalized spacial score (nSPS) is 14.1. The zero-order chi connectivity index (χ0) is 13.1. The first-order valence-electron chi connectivity index (χ1n) is 5.89. The number of hydrogen-bond acceptors (Lipinski definition) is 2. The van der Waals surface area contributed by atoms with Crippen molar-refractivity contribution in [3.63, 3.8) is 0 Å². The number of anilines is 1. The van der Waals surface area contributed by atoms with Gasteiger partial charge in [0.25, 0.3) is 0 Å². The third kappa shape index (κ3) is 3.47. The fraction of sp³-hybridized carbons (Fsp3) is 0.385. The maximum atomic E-state index is 11.8. The summed E-state index contributed by atoms with van der Waals surface area (Å²) in [4.78, 5) is 24.8. The summed E-state index contributed by atoms with van der Waals surface area (Å²) in [7, 11) is 0. The van der Waals surface area contributed by atoms with E-state index < -0.39 is 0 Å². The fourth-order valence-electron chi connectivity index (χ4n) is 1.77. The van der Waals surface area contributed by atoms with Crippen molar-refractivity contribution in [2.24, 2.45) is 0 Å². The van der Waals surface area contributed by atoms with E-state index in [2.05, 4.69) is 5.32 Å². The van der Waals surface area contributed by atoms with E-state index in [0.29, 0.717) is 10.7 Å². The van der Waals surface area contributed by atoms with Gasteiger partial charge in [-0.15, -0.1) is 0 Å². The van der Waals surface area contributed by atoms with Crippen LogP contribution in [0.3, 0.4) is 0 Å². The standard InChI is InChI=1S/C13H15ClN2O2/c1-9(17)16(12-6-7-12)8-13(18)15-11-4-2-10(14)3-5-11/h2-5,12H,6-8H2,1H3,(H,15,18). The predicted molar refractivity (Wildman–Crippen MR) is 70.5 cm³/mol. The molecule has 1 fully saturated rings. The van der Waals surface area contributed by atoms with Crippen molar-refractivity contribution in [2.75, 3.05) is 11.9 Å². The Labute approximate surface area is 111 Å². The number of rotatable bonds is 4. The molecule has 1 aliphatic carbocycles. The molecule has 1 aliphatic rings. The van der Waals surface area contributed by atoms with Crippen LogP contribution < -0.4 is 5.32 Å². The molecule has 1 aromatic rings. The van der Waals surface area contributed by atoms with Gasteiger partial charge in [-0.1, -0.05) is 11.6 Å². The predicted octanol–water partition coefficient (Wildman–Crippen LogP) is 2.29. The average molecular weight is 267 g/mol. The number of halogens is 1. The highest BCUT2D eigenvalue weighted by Gasteiger charge is 2.31. The van der Waals surface area contributed by atoms with Gasteiger partial charge in [-0.3, -0.25) is 9.59 Å². The van der Waals surface area contributed by atoms with Crippen LogP contribution in [0.4, 0.5) is 5.69 Å². The Kier molecular flexibility index (Phi) is 3.87.